The molecule has 98 valence electrons. The van der Waals surface area contributed by atoms with Crippen molar-refractivity contribution in [1.82, 2.24) is 0 Å². The summed E-state index contributed by atoms with van der Waals surface area (Å²) in [5, 5.41) is 0. The Bertz CT molecular complexity index is 392. The predicted octanol–water partition coefficient (Wildman–Crippen LogP) is 3.34. The van der Waals surface area contributed by atoms with Crippen LogP contribution in [0.15, 0.2) is 24.3 Å². The largest absolute Gasteiger partial charge is 0.330 e. The molecular weight excluding hydrogens is 222 g/mol. The number of nitrogens with two attached hydrogens (primary N) is 1. The summed E-state index contributed by atoms with van der Waals surface area (Å²) in [5.74, 6) is 0.590. The smallest absolute Gasteiger partial charge is 0.166 e. The molecular formula is C16H23NO. The van der Waals surface area contributed by atoms with Gasteiger partial charge in [-0.05, 0) is 31.4 Å². The van der Waals surface area contributed by atoms with Crippen LogP contribution in [0.2, 0.25) is 0 Å². The van der Waals surface area contributed by atoms with Gasteiger partial charge in [0, 0.05) is 11.5 Å². The summed E-state index contributed by atoms with van der Waals surface area (Å²) in [7, 11) is 0. The lowest BCUT2D eigenvalue weighted by atomic mass is 9.88. The fourth-order valence-corrected chi connectivity index (χ4v) is 2.90. The van der Waals surface area contributed by atoms with Crippen molar-refractivity contribution < 1.29 is 4.79 Å². The Labute approximate surface area is 110 Å². The van der Waals surface area contributed by atoms with Gasteiger partial charge < -0.3 is 5.73 Å². The lowest BCUT2D eigenvalue weighted by Gasteiger charge is -2.15. The number of rotatable bonds is 4. The molecule has 1 aliphatic rings. The minimum atomic E-state index is 0.242. The maximum atomic E-state index is 12.6. The molecule has 0 bridgehead atoms. The number of Topliss-reactive ketones (excluding diaryl/α,β-unsaturated/α-hetero) is 1. The molecule has 1 aliphatic carbocycles. The minimum absolute atomic E-state index is 0.242. The molecule has 0 radical (unpaired) electrons. The zero-order valence-corrected chi connectivity index (χ0v) is 11.0. The van der Waals surface area contributed by atoms with Crippen molar-refractivity contribution in [3.8, 4) is 0 Å². The first-order valence-electron chi connectivity index (χ1n) is 7.15. The Balaban J connectivity index is 2.16. The van der Waals surface area contributed by atoms with Crippen LogP contribution in [0, 0.1) is 5.92 Å². The van der Waals surface area contributed by atoms with Gasteiger partial charge in [-0.25, -0.2) is 0 Å². The summed E-state index contributed by atoms with van der Waals surface area (Å²) in [6.07, 6.45) is 7.91. The van der Waals surface area contributed by atoms with Gasteiger partial charge in [0.15, 0.2) is 5.78 Å². The molecule has 2 nitrogen and oxygen atoms in total. The van der Waals surface area contributed by atoms with E-state index in [4.69, 9.17) is 5.73 Å². The second-order valence-electron chi connectivity index (χ2n) is 5.25. The van der Waals surface area contributed by atoms with Crippen molar-refractivity contribution in [2.24, 2.45) is 11.7 Å². The third-order valence-electron chi connectivity index (χ3n) is 3.92. The van der Waals surface area contributed by atoms with Crippen molar-refractivity contribution in [2.45, 2.75) is 44.9 Å². The highest BCUT2D eigenvalue weighted by atomic mass is 16.1. The molecule has 0 heterocycles. The summed E-state index contributed by atoms with van der Waals surface area (Å²) < 4.78 is 0. The molecule has 2 N–H and O–H groups in total. The van der Waals surface area contributed by atoms with Crippen molar-refractivity contribution >= 4 is 5.78 Å². The van der Waals surface area contributed by atoms with Crippen LogP contribution in [-0.2, 0) is 6.42 Å². The summed E-state index contributed by atoms with van der Waals surface area (Å²) in [6, 6.07) is 7.97. The normalized spacial score (nSPS) is 17.4. The number of hydrogen-bond donors (Lipinski definition) is 1. The van der Waals surface area contributed by atoms with Crippen LogP contribution in [0.3, 0.4) is 0 Å². The molecule has 2 heteroatoms. The van der Waals surface area contributed by atoms with E-state index in [-0.39, 0.29) is 5.92 Å². The molecule has 0 amide bonds. The molecule has 0 spiro atoms. The average molecular weight is 245 g/mol. The second-order valence-corrected chi connectivity index (χ2v) is 5.25. The summed E-state index contributed by atoms with van der Waals surface area (Å²) >= 11 is 0. The van der Waals surface area contributed by atoms with E-state index in [1.54, 1.807) is 0 Å². The van der Waals surface area contributed by atoms with E-state index in [1.165, 1.54) is 25.7 Å². The molecule has 2 rings (SSSR count). The number of carbonyl (C=O) groups is 1. The van der Waals surface area contributed by atoms with E-state index in [1.807, 2.05) is 24.3 Å². The first-order chi connectivity index (χ1) is 8.83. The van der Waals surface area contributed by atoms with Crippen molar-refractivity contribution in [1.29, 1.82) is 0 Å². The van der Waals surface area contributed by atoms with Gasteiger partial charge in [-0.15, -0.1) is 0 Å². The SMILES string of the molecule is NCCc1ccccc1C(=O)C1CCCCCC1. The van der Waals surface area contributed by atoms with Crippen LogP contribution in [0.25, 0.3) is 0 Å². The fraction of sp³-hybridized carbons (Fsp3) is 0.562. The predicted molar refractivity (Wildman–Crippen MR) is 74.7 cm³/mol. The van der Waals surface area contributed by atoms with Gasteiger partial charge in [-0.2, -0.15) is 0 Å². The summed E-state index contributed by atoms with van der Waals surface area (Å²) in [4.78, 5) is 12.6. The van der Waals surface area contributed by atoms with E-state index >= 15 is 0 Å². The quantitative estimate of drug-likeness (QED) is 0.653. The molecule has 0 unspecified atom stereocenters. The molecule has 0 atom stereocenters. The van der Waals surface area contributed by atoms with E-state index in [0.717, 1.165) is 30.4 Å². The Morgan fingerprint density at radius 3 is 2.44 bits per heavy atom. The molecule has 0 saturated heterocycles. The zero-order chi connectivity index (χ0) is 12.8. The lowest BCUT2D eigenvalue weighted by molar-refractivity contribution is 0.0907. The molecule has 1 saturated carbocycles. The molecule has 0 aromatic heterocycles. The molecule has 0 aliphatic heterocycles. The third kappa shape index (κ3) is 3.20. The van der Waals surface area contributed by atoms with Crippen LogP contribution in [0.5, 0.6) is 0 Å². The Morgan fingerprint density at radius 1 is 1.11 bits per heavy atom. The van der Waals surface area contributed by atoms with Gasteiger partial charge >= 0.3 is 0 Å². The Morgan fingerprint density at radius 2 is 1.78 bits per heavy atom. The summed E-state index contributed by atoms with van der Waals surface area (Å²) in [5.41, 5.74) is 7.65. The Hall–Kier alpha value is -1.15. The Kier molecular flexibility index (Phi) is 4.94. The van der Waals surface area contributed by atoms with E-state index < -0.39 is 0 Å². The molecule has 1 aromatic carbocycles. The second kappa shape index (κ2) is 6.69. The maximum absolute atomic E-state index is 12.6. The van der Waals surface area contributed by atoms with Gasteiger partial charge in [0.1, 0.15) is 0 Å². The number of carbonyl (C=O) groups excluding carboxylic acids is 1. The van der Waals surface area contributed by atoms with Crippen LogP contribution >= 0.6 is 0 Å². The zero-order valence-electron chi connectivity index (χ0n) is 11.0. The van der Waals surface area contributed by atoms with Crippen LogP contribution < -0.4 is 5.73 Å². The highest BCUT2D eigenvalue weighted by Crippen LogP contribution is 2.27. The van der Waals surface area contributed by atoms with Gasteiger partial charge in [0.05, 0.1) is 0 Å². The fourth-order valence-electron chi connectivity index (χ4n) is 2.90. The third-order valence-corrected chi connectivity index (χ3v) is 3.92. The van der Waals surface area contributed by atoms with Gasteiger partial charge in [0.25, 0.3) is 0 Å². The number of hydrogen-bond acceptors (Lipinski definition) is 2. The van der Waals surface area contributed by atoms with Gasteiger partial charge in [-0.3, -0.25) is 4.79 Å². The first kappa shape index (κ1) is 13.3. The maximum Gasteiger partial charge on any atom is 0.166 e. The molecule has 1 aromatic rings. The van der Waals surface area contributed by atoms with Crippen molar-refractivity contribution in [3.63, 3.8) is 0 Å². The molecule has 1 fully saturated rings. The van der Waals surface area contributed by atoms with Crippen LogP contribution in [0.1, 0.15) is 54.4 Å². The van der Waals surface area contributed by atoms with Crippen LogP contribution in [0.4, 0.5) is 0 Å². The monoisotopic (exact) mass is 245 g/mol. The van der Waals surface area contributed by atoms with E-state index in [9.17, 15) is 4.79 Å². The van der Waals surface area contributed by atoms with Crippen molar-refractivity contribution in [3.05, 3.63) is 35.4 Å². The van der Waals surface area contributed by atoms with Crippen LogP contribution in [-0.4, -0.2) is 12.3 Å². The standard InChI is InChI=1S/C16H23NO/c17-12-11-13-7-5-6-10-15(13)16(18)14-8-3-1-2-4-9-14/h5-7,10,14H,1-4,8-9,11-12,17H2. The topological polar surface area (TPSA) is 43.1 Å². The number of ketones is 1. The van der Waals surface area contributed by atoms with Gasteiger partial charge in [0.2, 0.25) is 0 Å². The van der Waals surface area contributed by atoms with E-state index in [2.05, 4.69) is 0 Å². The highest BCUT2D eigenvalue weighted by molar-refractivity contribution is 5.99. The highest BCUT2D eigenvalue weighted by Gasteiger charge is 2.22. The number of benzene rings is 1. The summed E-state index contributed by atoms with van der Waals surface area (Å²) in [6.45, 7) is 0.606. The molecule has 18 heavy (non-hydrogen) atoms. The first-order valence-corrected chi connectivity index (χ1v) is 7.15. The van der Waals surface area contributed by atoms with Gasteiger partial charge in [-0.1, -0.05) is 49.9 Å². The average Bonchev–Trinajstić information content (AvgIpc) is 2.68. The lowest BCUT2D eigenvalue weighted by Crippen LogP contribution is -2.17. The minimum Gasteiger partial charge on any atom is -0.330 e. The van der Waals surface area contributed by atoms with Crippen molar-refractivity contribution in [2.75, 3.05) is 6.54 Å². The van der Waals surface area contributed by atoms with E-state index in [0.29, 0.717) is 12.3 Å².